The van der Waals surface area contributed by atoms with Gasteiger partial charge in [0, 0.05) is 6.04 Å². The molecule has 2 rings (SSSR count). The van der Waals surface area contributed by atoms with E-state index >= 15 is 0 Å². The number of benzene rings is 1. The molecule has 2 atom stereocenters. The van der Waals surface area contributed by atoms with E-state index in [2.05, 4.69) is 0 Å². The van der Waals surface area contributed by atoms with Crippen LogP contribution in [-0.2, 0) is 0 Å². The van der Waals surface area contributed by atoms with Gasteiger partial charge in [-0.1, -0.05) is 37.8 Å². The lowest BCUT2D eigenvalue weighted by Gasteiger charge is -2.16. The van der Waals surface area contributed by atoms with Crippen molar-refractivity contribution in [1.29, 1.82) is 0 Å². The van der Waals surface area contributed by atoms with Crippen LogP contribution >= 0.6 is 0 Å². The van der Waals surface area contributed by atoms with Crippen LogP contribution in [0.4, 0.5) is 0 Å². The molecule has 0 aliphatic heterocycles. The molecule has 0 heterocycles. The van der Waals surface area contributed by atoms with E-state index in [1.807, 2.05) is 31.2 Å². The van der Waals surface area contributed by atoms with Crippen molar-refractivity contribution in [3.8, 4) is 5.75 Å². The molecule has 3 nitrogen and oxygen atoms in total. The average Bonchev–Trinajstić information content (AvgIpc) is 2.89. The lowest BCUT2D eigenvalue weighted by molar-refractivity contribution is 0.0855. The molecule has 1 aliphatic rings. The molecule has 0 bridgehead atoms. The van der Waals surface area contributed by atoms with Crippen LogP contribution < -0.4 is 10.5 Å². The molecule has 3 N–H and O–H groups in total. The molecule has 0 aromatic heterocycles. The highest BCUT2D eigenvalue weighted by Gasteiger charge is 2.19. The molecular formula is C16H25NO2. The second-order valence-corrected chi connectivity index (χ2v) is 5.71. The first-order chi connectivity index (χ1) is 9.15. The highest BCUT2D eigenvalue weighted by atomic mass is 16.5. The van der Waals surface area contributed by atoms with Gasteiger partial charge < -0.3 is 15.6 Å². The van der Waals surface area contributed by atoms with Gasteiger partial charge in [0.15, 0.2) is 0 Å². The van der Waals surface area contributed by atoms with Gasteiger partial charge in [0.05, 0.1) is 6.10 Å². The second-order valence-electron chi connectivity index (χ2n) is 5.71. The number of aliphatic hydroxyl groups is 1. The van der Waals surface area contributed by atoms with Gasteiger partial charge >= 0.3 is 0 Å². The van der Waals surface area contributed by atoms with Crippen molar-refractivity contribution in [3.63, 3.8) is 0 Å². The number of hydrogen-bond acceptors (Lipinski definition) is 3. The SMILES string of the molecule is C[C@@H](N)c1ccc(OCC(O)CC2CCCC2)cc1. The maximum Gasteiger partial charge on any atom is 0.119 e. The molecule has 1 aromatic rings. The summed E-state index contributed by atoms with van der Waals surface area (Å²) in [7, 11) is 0. The van der Waals surface area contributed by atoms with Gasteiger partial charge in [-0.05, 0) is 37.0 Å². The van der Waals surface area contributed by atoms with Gasteiger partial charge in [-0.15, -0.1) is 0 Å². The van der Waals surface area contributed by atoms with E-state index in [1.54, 1.807) is 0 Å². The quantitative estimate of drug-likeness (QED) is 0.829. The van der Waals surface area contributed by atoms with E-state index in [1.165, 1.54) is 25.7 Å². The van der Waals surface area contributed by atoms with Crippen molar-refractivity contribution < 1.29 is 9.84 Å². The normalized spacial score (nSPS) is 19.3. The van der Waals surface area contributed by atoms with Gasteiger partial charge in [0.2, 0.25) is 0 Å². The molecule has 0 saturated heterocycles. The van der Waals surface area contributed by atoms with Crippen LogP contribution in [0.5, 0.6) is 5.75 Å². The van der Waals surface area contributed by atoms with Gasteiger partial charge in [0.1, 0.15) is 12.4 Å². The van der Waals surface area contributed by atoms with Gasteiger partial charge in [-0.2, -0.15) is 0 Å². The summed E-state index contributed by atoms with van der Waals surface area (Å²) in [6.07, 6.45) is 5.68. The molecule has 1 unspecified atom stereocenters. The van der Waals surface area contributed by atoms with Crippen molar-refractivity contribution in [2.45, 2.75) is 51.2 Å². The lowest BCUT2D eigenvalue weighted by atomic mass is 10.0. The minimum atomic E-state index is -0.351. The maximum absolute atomic E-state index is 9.97. The smallest absolute Gasteiger partial charge is 0.119 e. The van der Waals surface area contributed by atoms with Gasteiger partial charge in [-0.25, -0.2) is 0 Å². The second kappa shape index (κ2) is 6.92. The summed E-state index contributed by atoms with van der Waals surface area (Å²) in [4.78, 5) is 0. The van der Waals surface area contributed by atoms with Crippen LogP contribution in [0, 0.1) is 5.92 Å². The topological polar surface area (TPSA) is 55.5 Å². The van der Waals surface area contributed by atoms with E-state index in [4.69, 9.17) is 10.5 Å². The average molecular weight is 263 g/mol. The minimum Gasteiger partial charge on any atom is -0.491 e. The molecule has 0 radical (unpaired) electrons. The molecule has 1 aromatic carbocycles. The fourth-order valence-corrected chi connectivity index (χ4v) is 2.76. The summed E-state index contributed by atoms with van der Waals surface area (Å²) in [5, 5.41) is 9.97. The molecule has 0 spiro atoms. The van der Waals surface area contributed by atoms with Crippen molar-refractivity contribution in [1.82, 2.24) is 0 Å². The third-order valence-electron chi connectivity index (χ3n) is 3.93. The molecule has 1 fully saturated rings. The lowest BCUT2D eigenvalue weighted by Crippen LogP contribution is -2.20. The summed E-state index contributed by atoms with van der Waals surface area (Å²) in [6, 6.07) is 7.83. The van der Waals surface area contributed by atoms with E-state index in [0.717, 1.165) is 17.7 Å². The number of rotatable bonds is 6. The number of aliphatic hydroxyl groups excluding tert-OH is 1. The third kappa shape index (κ3) is 4.51. The Morgan fingerprint density at radius 2 is 1.89 bits per heavy atom. The Morgan fingerprint density at radius 3 is 2.47 bits per heavy atom. The summed E-state index contributed by atoms with van der Waals surface area (Å²) < 4.78 is 5.62. The van der Waals surface area contributed by atoms with Crippen LogP contribution in [0.25, 0.3) is 0 Å². The minimum absolute atomic E-state index is 0.0435. The van der Waals surface area contributed by atoms with Crippen LogP contribution in [0.2, 0.25) is 0 Å². The van der Waals surface area contributed by atoms with Gasteiger partial charge in [-0.3, -0.25) is 0 Å². The Kier molecular flexibility index (Phi) is 5.23. The molecule has 0 amide bonds. The standard InChI is InChI=1S/C16H25NO2/c1-12(17)14-6-8-16(9-7-14)19-11-15(18)10-13-4-2-3-5-13/h6-9,12-13,15,18H,2-5,10-11,17H2,1H3/t12-,15?/m1/s1. The molecule has 3 heteroatoms. The Hall–Kier alpha value is -1.06. The van der Waals surface area contributed by atoms with Crippen LogP contribution in [0.15, 0.2) is 24.3 Å². The first-order valence-corrected chi connectivity index (χ1v) is 7.31. The number of ether oxygens (including phenoxy) is 1. The predicted octanol–water partition coefficient (Wildman–Crippen LogP) is 3.03. The predicted molar refractivity (Wildman–Crippen MR) is 77.1 cm³/mol. The number of nitrogens with two attached hydrogens (primary N) is 1. The molecular weight excluding hydrogens is 238 g/mol. The molecule has 19 heavy (non-hydrogen) atoms. The fourth-order valence-electron chi connectivity index (χ4n) is 2.76. The van der Waals surface area contributed by atoms with Crippen molar-refractivity contribution >= 4 is 0 Å². The van der Waals surface area contributed by atoms with Crippen LogP contribution in [0.1, 0.15) is 50.6 Å². The van der Waals surface area contributed by atoms with Crippen molar-refractivity contribution in [2.75, 3.05) is 6.61 Å². The zero-order valence-corrected chi connectivity index (χ0v) is 11.7. The molecule has 106 valence electrons. The highest BCUT2D eigenvalue weighted by molar-refractivity contribution is 5.28. The van der Waals surface area contributed by atoms with E-state index in [0.29, 0.717) is 12.5 Å². The van der Waals surface area contributed by atoms with Crippen LogP contribution in [0.3, 0.4) is 0 Å². The van der Waals surface area contributed by atoms with Gasteiger partial charge in [0.25, 0.3) is 0 Å². The summed E-state index contributed by atoms with van der Waals surface area (Å²) in [6.45, 7) is 2.34. The Bertz CT molecular complexity index is 369. The maximum atomic E-state index is 9.97. The fraction of sp³-hybridized carbons (Fsp3) is 0.625. The molecule has 1 saturated carbocycles. The summed E-state index contributed by atoms with van der Waals surface area (Å²) in [5.74, 6) is 1.49. The summed E-state index contributed by atoms with van der Waals surface area (Å²) >= 11 is 0. The third-order valence-corrected chi connectivity index (χ3v) is 3.93. The first-order valence-electron chi connectivity index (χ1n) is 7.31. The Labute approximate surface area is 115 Å². The first kappa shape index (κ1) is 14.4. The highest BCUT2D eigenvalue weighted by Crippen LogP contribution is 2.28. The largest absolute Gasteiger partial charge is 0.491 e. The van der Waals surface area contributed by atoms with E-state index in [-0.39, 0.29) is 12.1 Å². The Morgan fingerprint density at radius 1 is 1.26 bits per heavy atom. The Balaban J connectivity index is 1.74. The van der Waals surface area contributed by atoms with Crippen LogP contribution in [-0.4, -0.2) is 17.8 Å². The van der Waals surface area contributed by atoms with E-state index < -0.39 is 0 Å². The summed E-state index contributed by atoms with van der Waals surface area (Å²) in [5.41, 5.74) is 6.89. The number of hydrogen-bond donors (Lipinski definition) is 2. The van der Waals surface area contributed by atoms with E-state index in [9.17, 15) is 5.11 Å². The monoisotopic (exact) mass is 263 g/mol. The zero-order valence-electron chi connectivity index (χ0n) is 11.7. The molecule has 1 aliphatic carbocycles. The zero-order chi connectivity index (χ0) is 13.7. The van der Waals surface area contributed by atoms with Crippen molar-refractivity contribution in [2.24, 2.45) is 11.7 Å². The van der Waals surface area contributed by atoms with Crippen molar-refractivity contribution in [3.05, 3.63) is 29.8 Å².